The first-order valence-corrected chi connectivity index (χ1v) is 11.4. The van der Waals surface area contributed by atoms with Gasteiger partial charge in [-0.15, -0.1) is 0 Å². The van der Waals surface area contributed by atoms with Gasteiger partial charge in [0, 0.05) is 24.5 Å². The molecule has 2 amide bonds. The van der Waals surface area contributed by atoms with Gasteiger partial charge < -0.3 is 15.7 Å². The van der Waals surface area contributed by atoms with Gasteiger partial charge in [-0.25, -0.2) is 0 Å². The molecule has 35 heavy (non-hydrogen) atoms. The van der Waals surface area contributed by atoms with Gasteiger partial charge in [-0.1, -0.05) is 36.4 Å². The number of anilines is 2. The standard InChI is InChI=1S/C26H34N4O5/c1-18-8-5-6-11-22(18)27-23(32)15-30(17-25(34)35)13-12-29(14-21(4)31)16-24(33)28-26-19(2)9-7-10-20(26)3/h5-11H,12-17H2,1-4H3,(H,27,32)(H,28,33)(H,34,35). The second-order valence-corrected chi connectivity index (χ2v) is 8.70. The van der Waals surface area contributed by atoms with Crippen LogP contribution in [0.15, 0.2) is 42.5 Å². The maximum Gasteiger partial charge on any atom is 0.317 e. The number of amides is 2. The highest BCUT2D eigenvalue weighted by atomic mass is 16.4. The smallest absolute Gasteiger partial charge is 0.317 e. The van der Waals surface area contributed by atoms with Crippen molar-refractivity contribution in [2.24, 2.45) is 0 Å². The first kappa shape index (κ1) is 27.7. The number of aryl methyl sites for hydroxylation is 3. The Labute approximate surface area is 206 Å². The van der Waals surface area contributed by atoms with Crippen LogP contribution in [-0.4, -0.2) is 77.7 Å². The lowest BCUT2D eigenvalue weighted by Gasteiger charge is -2.26. The first-order chi connectivity index (χ1) is 16.5. The lowest BCUT2D eigenvalue weighted by atomic mass is 10.1. The van der Waals surface area contributed by atoms with Crippen LogP contribution in [0.1, 0.15) is 23.6 Å². The Morgan fingerprint density at radius 2 is 1.23 bits per heavy atom. The van der Waals surface area contributed by atoms with Crippen LogP contribution in [0, 0.1) is 20.8 Å². The maximum absolute atomic E-state index is 12.7. The molecule has 0 heterocycles. The second kappa shape index (κ2) is 13.4. The molecule has 0 fully saturated rings. The third-order valence-corrected chi connectivity index (χ3v) is 5.44. The minimum absolute atomic E-state index is 0.0380. The molecule has 0 aliphatic rings. The normalized spacial score (nSPS) is 10.9. The zero-order chi connectivity index (χ0) is 26.0. The predicted molar refractivity (Wildman–Crippen MR) is 136 cm³/mol. The number of carboxylic acid groups (broad SMARTS) is 1. The number of para-hydroxylation sites is 2. The van der Waals surface area contributed by atoms with E-state index in [0.29, 0.717) is 5.69 Å². The van der Waals surface area contributed by atoms with Crippen molar-refractivity contribution in [1.29, 1.82) is 0 Å². The number of carbonyl (C=O) groups is 4. The Morgan fingerprint density at radius 3 is 1.77 bits per heavy atom. The van der Waals surface area contributed by atoms with Gasteiger partial charge in [0.25, 0.3) is 0 Å². The van der Waals surface area contributed by atoms with Crippen molar-refractivity contribution >= 4 is 34.9 Å². The summed E-state index contributed by atoms with van der Waals surface area (Å²) in [4.78, 5) is 51.5. The molecule has 0 saturated heterocycles. The summed E-state index contributed by atoms with van der Waals surface area (Å²) in [5, 5.41) is 15.0. The number of rotatable bonds is 13. The summed E-state index contributed by atoms with van der Waals surface area (Å²) in [5.74, 6) is -1.80. The Balaban J connectivity index is 2.01. The van der Waals surface area contributed by atoms with Crippen molar-refractivity contribution in [2.75, 3.05) is 49.9 Å². The number of Topliss-reactive ketones (excluding diaryl/α,β-unsaturated/α-hetero) is 1. The van der Waals surface area contributed by atoms with Crippen LogP contribution in [0.3, 0.4) is 0 Å². The van der Waals surface area contributed by atoms with E-state index in [4.69, 9.17) is 0 Å². The van der Waals surface area contributed by atoms with E-state index in [2.05, 4.69) is 10.6 Å². The molecule has 0 aliphatic heterocycles. The summed E-state index contributed by atoms with van der Waals surface area (Å²) in [6.45, 7) is 7.06. The van der Waals surface area contributed by atoms with Crippen LogP contribution in [0.25, 0.3) is 0 Å². The Bertz CT molecular complexity index is 1050. The Kier molecular flexibility index (Phi) is 10.6. The van der Waals surface area contributed by atoms with Crippen LogP contribution in [0.5, 0.6) is 0 Å². The van der Waals surface area contributed by atoms with Crippen LogP contribution in [0.4, 0.5) is 11.4 Å². The number of hydrogen-bond donors (Lipinski definition) is 3. The molecular weight excluding hydrogens is 448 g/mol. The van der Waals surface area contributed by atoms with Gasteiger partial charge >= 0.3 is 5.97 Å². The average molecular weight is 483 g/mol. The predicted octanol–water partition coefficient (Wildman–Crippen LogP) is 2.47. The maximum atomic E-state index is 12.7. The number of carboxylic acids is 1. The van der Waals surface area contributed by atoms with Gasteiger partial charge in [-0.05, 0) is 50.5 Å². The number of nitrogens with zero attached hydrogens (tertiary/aromatic N) is 2. The molecule has 9 heteroatoms. The van der Waals surface area contributed by atoms with E-state index in [1.807, 2.05) is 51.1 Å². The number of benzene rings is 2. The van der Waals surface area contributed by atoms with Crippen molar-refractivity contribution in [3.05, 3.63) is 59.2 Å². The molecule has 2 aromatic carbocycles. The molecule has 2 aromatic rings. The lowest BCUT2D eigenvalue weighted by molar-refractivity contribution is -0.138. The van der Waals surface area contributed by atoms with Crippen molar-refractivity contribution in [3.63, 3.8) is 0 Å². The Morgan fingerprint density at radius 1 is 0.714 bits per heavy atom. The molecule has 0 atom stereocenters. The molecule has 0 bridgehead atoms. The highest BCUT2D eigenvalue weighted by molar-refractivity contribution is 5.94. The molecule has 0 radical (unpaired) electrons. The van der Waals surface area contributed by atoms with Crippen LogP contribution in [-0.2, 0) is 19.2 Å². The van der Waals surface area contributed by atoms with E-state index in [1.165, 1.54) is 11.8 Å². The second-order valence-electron chi connectivity index (χ2n) is 8.70. The van der Waals surface area contributed by atoms with Crippen LogP contribution < -0.4 is 10.6 Å². The van der Waals surface area contributed by atoms with Crippen molar-refractivity contribution in [3.8, 4) is 0 Å². The van der Waals surface area contributed by atoms with E-state index in [1.54, 1.807) is 17.0 Å². The number of hydrogen-bond acceptors (Lipinski definition) is 6. The molecule has 9 nitrogen and oxygen atoms in total. The summed E-state index contributed by atoms with van der Waals surface area (Å²) >= 11 is 0. The Hall–Kier alpha value is -3.56. The molecule has 2 rings (SSSR count). The zero-order valence-electron chi connectivity index (χ0n) is 20.8. The number of nitrogens with one attached hydrogen (secondary N) is 2. The molecule has 3 N–H and O–H groups in total. The molecular formula is C26H34N4O5. The zero-order valence-corrected chi connectivity index (χ0v) is 20.8. The summed E-state index contributed by atoms with van der Waals surface area (Å²) < 4.78 is 0. The van der Waals surface area contributed by atoms with Crippen LogP contribution in [0.2, 0.25) is 0 Å². The topological polar surface area (TPSA) is 119 Å². The molecule has 0 unspecified atom stereocenters. The van der Waals surface area contributed by atoms with E-state index in [-0.39, 0.29) is 56.9 Å². The van der Waals surface area contributed by atoms with Gasteiger partial charge in [-0.3, -0.25) is 29.0 Å². The van der Waals surface area contributed by atoms with Gasteiger partial charge in [0.05, 0.1) is 26.2 Å². The summed E-state index contributed by atoms with van der Waals surface area (Å²) in [5.41, 5.74) is 4.16. The summed E-state index contributed by atoms with van der Waals surface area (Å²) in [6.07, 6.45) is 0. The highest BCUT2D eigenvalue weighted by Gasteiger charge is 2.19. The quantitative estimate of drug-likeness (QED) is 0.401. The summed E-state index contributed by atoms with van der Waals surface area (Å²) in [6, 6.07) is 13.0. The third kappa shape index (κ3) is 9.68. The molecule has 0 spiro atoms. The van der Waals surface area contributed by atoms with Gasteiger partial charge in [0.2, 0.25) is 11.8 Å². The van der Waals surface area contributed by atoms with Gasteiger partial charge in [0.1, 0.15) is 5.78 Å². The van der Waals surface area contributed by atoms with Gasteiger partial charge in [-0.2, -0.15) is 0 Å². The highest BCUT2D eigenvalue weighted by Crippen LogP contribution is 2.19. The minimum atomic E-state index is -1.07. The SMILES string of the molecule is CC(=O)CN(CCN(CC(=O)O)CC(=O)Nc1ccccc1C)CC(=O)Nc1c(C)cccc1C. The van der Waals surface area contributed by atoms with E-state index >= 15 is 0 Å². The van der Waals surface area contributed by atoms with Crippen LogP contribution >= 0.6 is 0 Å². The number of aliphatic carboxylic acids is 1. The molecule has 0 saturated carbocycles. The molecule has 0 aromatic heterocycles. The lowest BCUT2D eigenvalue weighted by Crippen LogP contribution is -2.44. The van der Waals surface area contributed by atoms with Gasteiger partial charge in [0.15, 0.2) is 0 Å². The number of carbonyl (C=O) groups excluding carboxylic acids is 3. The number of ketones is 1. The van der Waals surface area contributed by atoms with Crippen molar-refractivity contribution in [1.82, 2.24) is 9.80 Å². The van der Waals surface area contributed by atoms with E-state index in [0.717, 1.165) is 22.4 Å². The molecule has 188 valence electrons. The average Bonchev–Trinajstić information content (AvgIpc) is 2.75. The first-order valence-electron chi connectivity index (χ1n) is 11.4. The fourth-order valence-corrected chi connectivity index (χ4v) is 3.72. The van der Waals surface area contributed by atoms with Crippen molar-refractivity contribution in [2.45, 2.75) is 27.7 Å². The van der Waals surface area contributed by atoms with Crippen molar-refractivity contribution < 1.29 is 24.3 Å². The fraction of sp³-hybridized carbons (Fsp3) is 0.385. The molecule has 0 aliphatic carbocycles. The monoisotopic (exact) mass is 482 g/mol. The minimum Gasteiger partial charge on any atom is -0.480 e. The van der Waals surface area contributed by atoms with E-state index in [9.17, 15) is 24.3 Å². The summed E-state index contributed by atoms with van der Waals surface area (Å²) in [7, 11) is 0. The third-order valence-electron chi connectivity index (χ3n) is 5.44. The largest absolute Gasteiger partial charge is 0.480 e. The fourth-order valence-electron chi connectivity index (χ4n) is 3.72. The van der Waals surface area contributed by atoms with E-state index < -0.39 is 5.97 Å².